The van der Waals surface area contributed by atoms with Crippen molar-refractivity contribution in [3.63, 3.8) is 0 Å². The van der Waals surface area contributed by atoms with Gasteiger partial charge in [0.05, 0.1) is 6.54 Å². The molecule has 0 aromatic carbocycles. The van der Waals surface area contributed by atoms with Crippen molar-refractivity contribution < 1.29 is 4.79 Å². The van der Waals surface area contributed by atoms with E-state index in [0.717, 1.165) is 31.5 Å². The van der Waals surface area contributed by atoms with Crippen LogP contribution in [0.3, 0.4) is 0 Å². The Balaban J connectivity index is 1.36. The fourth-order valence-corrected chi connectivity index (χ4v) is 5.75. The zero-order valence-electron chi connectivity index (χ0n) is 13.8. The number of nitrogens with zero attached hydrogens (tertiary/aromatic N) is 2. The highest BCUT2D eigenvalue weighted by Gasteiger charge is 2.42. The Morgan fingerprint density at radius 1 is 0.955 bits per heavy atom. The summed E-state index contributed by atoms with van der Waals surface area (Å²) in [5.41, 5.74) is 6.22. The van der Waals surface area contributed by atoms with Crippen LogP contribution >= 0.6 is 0 Å². The molecule has 5 atom stereocenters. The van der Waals surface area contributed by atoms with Crippen LogP contribution in [0.1, 0.15) is 51.4 Å². The molecule has 5 unspecified atom stereocenters. The maximum absolute atomic E-state index is 12.9. The molecule has 0 aromatic rings. The third-order valence-electron chi connectivity index (χ3n) is 6.91. The first-order chi connectivity index (χ1) is 10.7. The molecular weight excluding hydrogens is 274 g/mol. The Morgan fingerprint density at radius 3 is 2.64 bits per heavy atom. The van der Waals surface area contributed by atoms with Gasteiger partial charge in [-0.15, -0.1) is 0 Å². The van der Waals surface area contributed by atoms with Crippen LogP contribution < -0.4 is 5.73 Å². The van der Waals surface area contributed by atoms with Gasteiger partial charge in [-0.05, 0) is 56.3 Å². The van der Waals surface area contributed by atoms with Crippen molar-refractivity contribution in [2.24, 2.45) is 23.5 Å². The normalized spacial score (nSPS) is 42.2. The summed E-state index contributed by atoms with van der Waals surface area (Å²) < 4.78 is 0. The second kappa shape index (κ2) is 6.12. The van der Waals surface area contributed by atoms with Crippen LogP contribution in [0.4, 0.5) is 0 Å². The first kappa shape index (κ1) is 14.9. The van der Waals surface area contributed by atoms with Crippen LogP contribution in [-0.4, -0.2) is 54.0 Å². The van der Waals surface area contributed by atoms with E-state index in [-0.39, 0.29) is 0 Å². The van der Waals surface area contributed by atoms with Crippen molar-refractivity contribution in [3.05, 3.63) is 0 Å². The number of rotatable bonds is 2. The zero-order valence-corrected chi connectivity index (χ0v) is 13.8. The molecule has 4 fully saturated rings. The highest BCUT2D eigenvalue weighted by molar-refractivity contribution is 5.78. The molecule has 0 aromatic heterocycles. The summed E-state index contributed by atoms with van der Waals surface area (Å²) in [6, 6.07) is 0.933. The molecule has 2 saturated heterocycles. The number of hydrogen-bond acceptors (Lipinski definition) is 3. The lowest BCUT2D eigenvalue weighted by atomic mass is 9.78. The first-order valence-electron chi connectivity index (χ1n) is 9.50. The van der Waals surface area contributed by atoms with Gasteiger partial charge in [0.2, 0.25) is 5.91 Å². The highest BCUT2D eigenvalue weighted by Crippen LogP contribution is 2.38. The number of nitrogens with two attached hydrogens (primary N) is 1. The van der Waals surface area contributed by atoms with Crippen molar-refractivity contribution in [2.45, 2.75) is 63.5 Å². The lowest BCUT2D eigenvalue weighted by Gasteiger charge is -2.44. The summed E-state index contributed by atoms with van der Waals surface area (Å²) in [6.45, 7) is 3.80. The molecule has 4 rings (SSSR count). The Bertz CT molecular complexity index is 425. The predicted molar refractivity (Wildman–Crippen MR) is 87.3 cm³/mol. The smallest absolute Gasteiger partial charge is 0.237 e. The van der Waals surface area contributed by atoms with E-state index in [1.54, 1.807) is 0 Å². The second-order valence-corrected chi connectivity index (χ2v) is 8.20. The molecule has 4 nitrogen and oxygen atoms in total. The Labute approximate surface area is 134 Å². The molecule has 2 aliphatic heterocycles. The second-order valence-electron chi connectivity index (χ2n) is 8.20. The maximum Gasteiger partial charge on any atom is 0.237 e. The summed E-state index contributed by atoms with van der Waals surface area (Å²) in [5, 5.41) is 0. The Morgan fingerprint density at radius 2 is 1.77 bits per heavy atom. The summed E-state index contributed by atoms with van der Waals surface area (Å²) in [4.78, 5) is 17.5. The Hall–Kier alpha value is -0.610. The van der Waals surface area contributed by atoms with Crippen LogP contribution in [0.25, 0.3) is 0 Å². The molecule has 0 spiro atoms. The van der Waals surface area contributed by atoms with Gasteiger partial charge in [-0.25, -0.2) is 0 Å². The number of hydrogen-bond donors (Lipinski definition) is 1. The molecular formula is C18H31N3O. The summed E-state index contributed by atoms with van der Waals surface area (Å²) in [7, 11) is 0. The number of likely N-dealkylation sites (tertiary alicyclic amines) is 2. The largest absolute Gasteiger partial charge is 0.338 e. The average Bonchev–Trinajstić information content (AvgIpc) is 3.08. The van der Waals surface area contributed by atoms with Crippen LogP contribution in [-0.2, 0) is 4.79 Å². The number of carbonyl (C=O) groups excluding carboxylic acids is 1. The van der Waals surface area contributed by atoms with E-state index in [2.05, 4.69) is 9.80 Å². The SMILES string of the molecule is NC1CCC2CN(CC(=O)N3CCCC4CCCCC43)CC12. The molecule has 22 heavy (non-hydrogen) atoms. The van der Waals surface area contributed by atoms with E-state index in [1.165, 1.54) is 51.4 Å². The highest BCUT2D eigenvalue weighted by atomic mass is 16.2. The van der Waals surface area contributed by atoms with Crippen LogP contribution in [0.15, 0.2) is 0 Å². The van der Waals surface area contributed by atoms with E-state index >= 15 is 0 Å². The average molecular weight is 305 g/mol. The molecule has 1 amide bonds. The van der Waals surface area contributed by atoms with Gasteiger partial charge in [-0.3, -0.25) is 9.69 Å². The molecule has 2 heterocycles. The van der Waals surface area contributed by atoms with Gasteiger partial charge in [0.25, 0.3) is 0 Å². The summed E-state index contributed by atoms with van der Waals surface area (Å²) in [6.07, 6.45) is 10.3. The number of carbonyl (C=O) groups is 1. The van der Waals surface area contributed by atoms with Crippen molar-refractivity contribution in [3.8, 4) is 0 Å². The van der Waals surface area contributed by atoms with Gasteiger partial charge in [-0.2, -0.15) is 0 Å². The number of fused-ring (bicyclic) bond motifs is 2. The van der Waals surface area contributed by atoms with Crippen molar-refractivity contribution in [1.29, 1.82) is 0 Å². The predicted octanol–water partition coefficient (Wildman–Crippen LogP) is 1.84. The minimum absolute atomic E-state index is 0.378. The summed E-state index contributed by atoms with van der Waals surface area (Å²) in [5.74, 6) is 2.59. The molecule has 0 bridgehead atoms. The van der Waals surface area contributed by atoms with Crippen molar-refractivity contribution in [1.82, 2.24) is 9.80 Å². The van der Waals surface area contributed by atoms with E-state index < -0.39 is 0 Å². The van der Waals surface area contributed by atoms with Crippen LogP contribution in [0.5, 0.6) is 0 Å². The van der Waals surface area contributed by atoms with E-state index in [4.69, 9.17) is 5.73 Å². The number of amides is 1. The van der Waals surface area contributed by atoms with E-state index in [1.807, 2.05) is 0 Å². The van der Waals surface area contributed by atoms with Gasteiger partial charge < -0.3 is 10.6 Å². The van der Waals surface area contributed by atoms with Crippen molar-refractivity contribution in [2.75, 3.05) is 26.2 Å². The number of piperidine rings is 1. The molecule has 124 valence electrons. The van der Waals surface area contributed by atoms with Gasteiger partial charge in [0.15, 0.2) is 0 Å². The third-order valence-corrected chi connectivity index (χ3v) is 6.91. The fraction of sp³-hybridized carbons (Fsp3) is 0.944. The fourth-order valence-electron chi connectivity index (χ4n) is 5.75. The molecule has 2 saturated carbocycles. The van der Waals surface area contributed by atoms with Crippen LogP contribution in [0, 0.1) is 17.8 Å². The summed E-state index contributed by atoms with van der Waals surface area (Å²) >= 11 is 0. The minimum Gasteiger partial charge on any atom is -0.338 e. The molecule has 0 radical (unpaired) electrons. The first-order valence-corrected chi connectivity index (χ1v) is 9.50. The molecule has 4 aliphatic rings. The third kappa shape index (κ3) is 2.69. The Kier molecular flexibility index (Phi) is 4.16. The molecule has 2 aliphatic carbocycles. The van der Waals surface area contributed by atoms with Crippen molar-refractivity contribution >= 4 is 5.91 Å². The zero-order chi connectivity index (χ0) is 15.1. The van der Waals surface area contributed by atoms with Crippen LogP contribution in [0.2, 0.25) is 0 Å². The van der Waals surface area contributed by atoms with Gasteiger partial charge in [0, 0.05) is 31.7 Å². The quantitative estimate of drug-likeness (QED) is 0.847. The maximum atomic E-state index is 12.9. The van der Waals surface area contributed by atoms with E-state index in [9.17, 15) is 4.79 Å². The topological polar surface area (TPSA) is 49.6 Å². The molecule has 4 heteroatoms. The lowest BCUT2D eigenvalue weighted by molar-refractivity contribution is -0.138. The standard InChI is InChI=1S/C18H31N3O/c19-16-8-7-14-10-20(11-15(14)16)12-18(22)21-9-3-5-13-4-1-2-6-17(13)21/h13-17H,1-12,19H2. The molecule has 2 N–H and O–H groups in total. The van der Waals surface area contributed by atoms with Gasteiger partial charge >= 0.3 is 0 Å². The monoisotopic (exact) mass is 305 g/mol. The van der Waals surface area contributed by atoms with Gasteiger partial charge in [-0.1, -0.05) is 12.8 Å². The lowest BCUT2D eigenvalue weighted by Crippen LogP contribution is -2.52. The van der Waals surface area contributed by atoms with E-state index in [0.29, 0.717) is 30.5 Å². The van der Waals surface area contributed by atoms with Gasteiger partial charge in [0.1, 0.15) is 0 Å². The minimum atomic E-state index is 0.378.